The molecule has 1 aromatic carbocycles. The van der Waals surface area contributed by atoms with Crippen molar-refractivity contribution in [3.05, 3.63) is 24.3 Å². The zero-order chi connectivity index (χ0) is 21.9. The fourth-order valence-corrected chi connectivity index (χ4v) is 7.93. The van der Waals surface area contributed by atoms with Crippen molar-refractivity contribution in [3.8, 4) is 0 Å². The number of sulfonamides is 2. The fourth-order valence-electron chi connectivity index (χ4n) is 5.20. The Morgan fingerprint density at radius 2 is 1.19 bits per heavy atom. The average molecular weight is 470 g/mol. The van der Waals surface area contributed by atoms with Crippen LogP contribution in [0.1, 0.15) is 64.2 Å². The zero-order valence-corrected chi connectivity index (χ0v) is 19.8. The van der Waals surface area contributed by atoms with Crippen LogP contribution in [0.3, 0.4) is 0 Å². The number of nitrogens with zero attached hydrogens (tertiary/aromatic N) is 2. The second kappa shape index (κ2) is 9.87. The standard InChI is InChI=1S/C22H35N3O4S2/c26-30(27,23-19-7-3-1-4-8-19)21-11-13-22(14-12-21)31(28,29)25-17-15-24(16-18-25)20-9-5-2-6-10-20/h11-14,19-20,23H,1-10,15-18H2. The number of hydrogen-bond donors (Lipinski definition) is 1. The summed E-state index contributed by atoms with van der Waals surface area (Å²) >= 11 is 0. The van der Waals surface area contributed by atoms with Crippen molar-refractivity contribution in [1.82, 2.24) is 13.9 Å². The lowest BCUT2D eigenvalue weighted by molar-refractivity contribution is 0.111. The lowest BCUT2D eigenvalue weighted by Gasteiger charge is -2.40. The Hall–Kier alpha value is -1.00. The monoisotopic (exact) mass is 469 g/mol. The Labute approximate surface area is 187 Å². The van der Waals surface area contributed by atoms with Gasteiger partial charge in [0.05, 0.1) is 9.79 Å². The van der Waals surface area contributed by atoms with Crippen molar-refractivity contribution in [1.29, 1.82) is 0 Å². The molecule has 2 saturated carbocycles. The zero-order valence-electron chi connectivity index (χ0n) is 18.2. The highest BCUT2D eigenvalue weighted by molar-refractivity contribution is 7.89. The summed E-state index contributed by atoms with van der Waals surface area (Å²) in [7, 11) is -7.25. The predicted octanol–water partition coefficient (Wildman–Crippen LogP) is 2.94. The van der Waals surface area contributed by atoms with Crippen LogP contribution in [0.25, 0.3) is 0 Å². The minimum atomic E-state index is -3.63. The minimum Gasteiger partial charge on any atom is -0.298 e. The van der Waals surface area contributed by atoms with E-state index in [1.807, 2.05) is 0 Å². The van der Waals surface area contributed by atoms with E-state index in [1.54, 1.807) is 0 Å². The maximum atomic E-state index is 13.1. The van der Waals surface area contributed by atoms with Crippen molar-refractivity contribution in [3.63, 3.8) is 0 Å². The van der Waals surface area contributed by atoms with Gasteiger partial charge in [-0.2, -0.15) is 4.31 Å². The number of piperazine rings is 1. The second-order valence-corrected chi connectivity index (χ2v) is 12.8. The van der Waals surface area contributed by atoms with E-state index in [0.717, 1.165) is 45.2 Å². The Kier molecular flexibility index (Phi) is 7.37. The van der Waals surface area contributed by atoms with Crippen molar-refractivity contribution in [2.24, 2.45) is 0 Å². The average Bonchev–Trinajstić information content (AvgIpc) is 2.80. The molecule has 0 atom stereocenters. The predicted molar refractivity (Wildman–Crippen MR) is 121 cm³/mol. The van der Waals surface area contributed by atoms with Crippen LogP contribution in [0.15, 0.2) is 34.1 Å². The Morgan fingerprint density at radius 3 is 1.77 bits per heavy atom. The lowest BCUT2D eigenvalue weighted by Crippen LogP contribution is -2.52. The summed E-state index contributed by atoms with van der Waals surface area (Å²) in [5.74, 6) is 0. The molecule has 1 aliphatic heterocycles. The Bertz CT molecular complexity index is 927. The van der Waals surface area contributed by atoms with Crippen molar-refractivity contribution in [2.75, 3.05) is 26.2 Å². The van der Waals surface area contributed by atoms with E-state index in [2.05, 4.69) is 9.62 Å². The van der Waals surface area contributed by atoms with Gasteiger partial charge in [-0.05, 0) is 49.9 Å². The highest BCUT2D eigenvalue weighted by atomic mass is 32.2. The van der Waals surface area contributed by atoms with Gasteiger partial charge in [0.2, 0.25) is 20.0 Å². The van der Waals surface area contributed by atoms with E-state index in [9.17, 15) is 16.8 Å². The van der Waals surface area contributed by atoms with Crippen LogP contribution < -0.4 is 4.72 Å². The summed E-state index contributed by atoms with van der Waals surface area (Å²) in [6.45, 7) is 2.51. The van der Waals surface area contributed by atoms with Gasteiger partial charge in [0, 0.05) is 38.3 Å². The molecular weight excluding hydrogens is 434 g/mol. The molecule has 3 aliphatic rings. The summed E-state index contributed by atoms with van der Waals surface area (Å²) in [5.41, 5.74) is 0. The molecule has 0 amide bonds. The molecule has 9 heteroatoms. The molecule has 4 rings (SSSR count). The van der Waals surface area contributed by atoms with E-state index in [4.69, 9.17) is 0 Å². The molecule has 0 radical (unpaired) electrons. The summed E-state index contributed by atoms with van der Waals surface area (Å²) in [4.78, 5) is 2.73. The van der Waals surface area contributed by atoms with Crippen LogP contribution >= 0.6 is 0 Å². The maximum Gasteiger partial charge on any atom is 0.243 e. The second-order valence-electron chi connectivity index (χ2n) is 9.16. The van der Waals surface area contributed by atoms with Gasteiger partial charge in [-0.15, -0.1) is 0 Å². The highest BCUT2D eigenvalue weighted by Crippen LogP contribution is 2.26. The maximum absolute atomic E-state index is 13.1. The first-order valence-corrected chi connectivity index (χ1v) is 14.7. The van der Waals surface area contributed by atoms with Crippen LogP contribution in [0, 0.1) is 0 Å². The van der Waals surface area contributed by atoms with Gasteiger partial charge in [-0.3, -0.25) is 4.90 Å². The third kappa shape index (κ3) is 5.50. The topological polar surface area (TPSA) is 86.8 Å². The molecule has 1 aromatic rings. The fraction of sp³-hybridized carbons (Fsp3) is 0.727. The molecule has 0 spiro atoms. The first kappa shape index (κ1) is 23.2. The molecule has 1 N–H and O–H groups in total. The summed E-state index contributed by atoms with van der Waals surface area (Å²) in [6, 6.07) is 6.26. The smallest absolute Gasteiger partial charge is 0.243 e. The molecule has 3 fully saturated rings. The van der Waals surface area contributed by atoms with Gasteiger partial charge in [0.1, 0.15) is 0 Å². The van der Waals surface area contributed by atoms with E-state index in [-0.39, 0.29) is 15.8 Å². The molecule has 1 heterocycles. The molecule has 1 saturated heterocycles. The van der Waals surface area contributed by atoms with Crippen LogP contribution in [0.2, 0.25) is 0 Å². The van der Waals surface area contributed by atoms with Crippen LogP contribution in [-0.2, 0) is 20.0 Å². The van der Waals surface area contributed by atoms with Gasteiger partial charge >= 0.3 is 0 Å². The molecule has 2 aliphatic carbocycles. The van der Waals surface area contributed by atoms with Gasteiger partial charge in [-0.25, -0.2) is 21.6 Å². The molecule has 0 bridgehead atoms. The summed E-state index contributed by atoms with van der Waals surface area (Å²) < 4.78 is 55.8. The van der Waals surface area contributed by atoms with Crippen LogP contribution in [0.4, 0.5) is 0 Å². The summed E-state index contributed by atoms with van der Waals surface area (Å²) in [6.07, 6.45) is 11.2. The molecular formula is C22H35N3O4S2. The highest BCUT2D eigenvalue weighted by Gasteiger charge is 2.32. The molecule has 0 aromatic heterocycles. The summed E-state index contributed by atoms with van der Waals surface area (Å²) in [5, 5.41) is 0. The number of nitrogens with one attached hydrogen (secondary N) is 1. The number of rotatable bonds is 6. The third-order valence-electron chi connectivity index (χ3n) is 7.06. The first-order valence-electron chi connectivity index (χ1n) is 11.7. The van der Waals surface area contributed by atoms with Crippen LogP contribution in [0.5, 0.6) is 0 Å². The van der Waals surface area contributed by atoms with Gasteiger partial charge in [0.15, 0.2) is 0 Å². The number of hydrogen-bond acceptors (Lipinski definition) is 5. The Morgan fingerprint density at radius 1 is 0.677 bits per heavy atom. The lowest BCUT2D eigenvalue weighted by atomic mass is 9.94. The van der Waals surface area contributed by atoms with Gasteiger partial charge in [0.25, 0.3) is 0 Å². The molecule has 7 nitrogen and oxygen atoms in total. The molecule has 31 heavy (non-hydrogen) atoms. The van der Waals surface area contributed by atoms with Crippen molar-refractivity contribution < 1.29 is 16.8 Å². The minimum absolute atomic E-state index is 0.0254. The largest absolute Gasteiger partial charge is 0.298 e. The van der Waals surface area contributed by atoms with E-state index in [0.29, 0.717) is 19.1 Å². The first-order chi connectivity index (χ1) is 14.9. The molecule has 174 valence electrons. The number of benzene rings is 1. The van der Waals surface area contributed by atoms with Crippen LogP contribution in [-0.4, -0.2) is 64.3 Å². The quantitative estimate of drug-likeness (QED) is 0.692. The van der Waals surface area contributed by atoms with E-state index in [1.165, 1.54) is 60.7 Å². The third-order valence-corrected chi connectivity index (χ3v) is 10.5. The van der Waals surface area contributed by atoms with Gasteiger partial charge in [-0.1, -0.05) is 38.5 Å². The molecule has 0 unspecified atom stereocenters. The van der Waals surface area contributed by atoms with E-state index >= 15 is 0 Å². The normalized spacial score (nSPS) is 23.7. The SMILES string of the molecule is O=S(=O)(NC1CCCCC1)c1ccc(S(=O)(=O)N2CCN(C3CCCCC3)CC2)cc1. The van der Waals surface area contributed by atoms with E-state index < -0.39 is 20.0 Å². The Balaban J connectivity index is 1.38. The van der Waals surface area contributed by atoms with Crippen molar-refractivity contribution >= 4 is 20.0 Å². The van der Waals surface area contributed by atoms with Gasteiger partial charge < -0.3 is 0 Å². The van der Waals surface area contributed by atoms with Crippen molar-refractivity contribution in [2.45, 2.75) is 86.1 Å².